The van der Waals surface area contributed by atoms with Gasteiger partial charge in [0, 0.05) is 60.0 Å². The van der Waals surface area contributed by atoms with Gasteiger partial charge >= 0.3 is 0 Å². The molecule has 0 radical (unpaired) electrons. The Balaban J connectivity index is 1.41. The van der Waals surface area contributed by atoms with E-state index in [1.165, 1.54) is 4.88 Å². The molecule has 1 atom stereocenters. The molecule has 0 N–H and O–H groups in total. The smallest absolute Gasteiger partial charge is 0.222 e. The van der Waals surface area contributed by atoms with E-state index in [4.69, 9.17) is 4.98 Å². The van der Waals surface area contributed by atoms with Crippen molar-refractivity contribution in [2.45, 2.75) is 38.5 Å². The maximum Gasteiger partial charge on any atom is 0.222 e. The summed E-state index contributed by atoms with van der Waals surface area (Å²) >= 11 is 1.63. The molecule has 1 aromatic carbocycles. The highest BCUT2D eigenvalue weighted by molar-refractivity contribution is 7.09. The predicted octanol–water partition coefficient (Wildman–Crippen LogP) is 5.31. The van der Waals surface area contributed by atoms with Crippen molar-refractivity contribution in [2.24, 2.45) is 0 Å². The Morgan fingerprint density at radius 2 is 1.91 bits per heavy atom. The zero-order chi connectivity index (χ0) is 23.3. The largest absolute Gasteiger partial charge is 0.342 e. The van der Waals surface area contributed by atoms with Crippen molar-refractivity contribution >= 4 is 17.2 Å². The minimum atomic E-state index is 0.168. The number of piperidine rings is 1. The quantitative estimate of drug-likeness (QED) is 0.383. The zero-order valence-electron chi connectivity index (χ0n) is 19.2. The Labute approximate surface area is 203 Å². The number of thiazole rings is 1. The molecule has 1 aliphatic heterocycles. The summed E-state index contributed by atoms with van der Waals surface area (Å²) in [5.74, 6) is 1.07. The number of carbonyl (C=O) groups is 1. The molecule has 172 valence electrons. The molecule has 7 heteroatoms. The number of aryl methyl sites for hydroxylation is 2. The number of hydrogen-bond donors (Lipinski definition) is 0. The molecular weight excluding hydrogens is 442 g/mol. The van der Waals surface area contributed by atoms with E-state index in [0.29, 0.717) is 18.8 Å². The highest BCUT2D eigenvalue weighted by Crippen LogP contribution is 2.34. The van der Waals surface area contributed by atoms with Gasteiger partial charge in [0.2, 0.25) is 5.91 Å². The van der Waals surface area contributed by atoms with Gasteiger partial charge in [0.1, 0.15) is 0 Å². The Morgan fingerprint density at radius 3 is 2.68 bits per heavy atom. The lowest BCUT2D eigenvalue weighted by Gasteiger charge is -2.33. The molecule has 3 aromatic heterocycles. The second kappa shape index (κ2) is 10.2. The molecule has 0 bridgehead atoms. The van der Waals surface area contributed by atoms with Crippen LogP contribution in [0.4, 0.5) is 0 Å². The van der Waals surface area contributed by atoms with Crippen LogP contribution < -0.4 is 0 Å². The first kappa shape index (κ1) is 22.3. The second-order valence-corrected chi connectivity index (χ2v) is 9.57. The maximum absolute atomic E-state index is 13.1. The summed E-state index contributed by atoms with van der Waals surface area (Å²) in [6, 6.07) is 14.1. The minimum absolute atomic E-state index is 0.168. The first-order chi connectivity index (χ1) is 16.7. The van der Waals surface area contributed by atoms with Gasteiger partial charge in [0.15, 0.2) is 5.82 Å². The normalized spacial score (nSPS) is 15.9. The molecule has 6 nitrogen and oxygen atoms in total. The molecule has 4 aromatic rings. The average molecular weight is 470 g/mol. The highest BCUT2D eigenvalue weighted by Gasteiger charge is 2.28. The van der Waals surface area contributed by atoms with Crippen LogP contribution in [-0.2, 0) is 11.2 Å². The van der Waals surface area contributed by atoms with E-state index < -0.39 is 0 Å². The van der Waals surface area contributed by atoms with Gasteiger partial charge in [0.25, 0.3) is 0 Å². The Bertz CT molecular complexity index is 1260. The summed E-state index contributed by atoms with van der Waals surface area (Å²) in [5.41, 5.74) is 6.99. The van der Waals surface area contributed by atoms with Gasteiger partial charge in [-0.15, -0.1) is 11.3 Å². The molecule has 5 rings (SSSR count). The highest BCUT2D eigenvalue weighted by atomic mass is 32.1. The first-order valence-electron chi connectivity index (χ1n) is 11.7. The molecule has 0 aliphatic carbocycles. The number of carbonyl (C=O) groups excluding carboxylic acids is 1. The van der Waals surface area contributed by atoms with Crippen molar-refractivity contribution in [1.82, 2.24) is 24.8 Å². The Morgan fingerprint density at radius 1 is 1.09 bits per heavy atom. The molecular formula is C27H27N5OS. The van der Waals surface area contributed by atoms with Gasteiger partial charge in [-0.1, -0.05) is 30.3 Å². The number of benzene rings is 1. The fraction of sp³-hybridized carbons (Fsp3) is 0.296. The van der Waals surface area contributed by atoms with Crippen molar-refractivity contribution in [2.75, 3.05) is 13.1 Å². The number of nitrogens with zero attached hydrogens (tertiary/aromatic N) is 5. The minimum Gasteiger partial charge on any atom is -0.342 e. The maximum atomic E-state index is 13.1. The number of rotatable bonds is 6. The van der Waals surface area contributed by atoms with Crippen molar-refractivity contribution in [3.8, 4) is 22.5 Å². The van der Waals surface area contributed by atoms with Gasteiger partial charge in [-0.25, -0.2) is 15.0 Å². The Kier molecular flexibility index (Phi) is 6.72. The van der Waals surface area contributed by atoms with Gasteiger partial charge in [0.05, 0.1) is 16.9 Å². The third kappa shape index (κ3) is 4.89. The van der Waals surface area contributed by atoms with E-state index in [1.54, 1.807) is 23.7 Å². The second-order valence-electron chi connectivity index (χ2n) is 8.63. The van der Waals surface area contributed by atoms with Gasteiger partial charge < -0.3 is 4.90 Å². The average Bonchev–Trinajstić information content (AvgIpc) is 3.32. The lowest BCUT2D eigenvalue weighted by Crippen LogP contribution is -2.39. The molecule has 1 amide bonds. The molecule has 0 spiro atoms. The third-order valence-corrected chi connectivity index (χ3v) is 7.41. The zero-order valence-corrected chi connectivity index (χ0v) is 20.0. The van der Waals surface area contributed by atoms with Crippen LogP contribution in [0, 0.1) is 6.92 Å². The van der Waals surface area contributed by atoms with Crippen LogP contribution in [-0.4, -0.2) is 43.8 Å². The van der Waals surface area contributed by atoms with Crippen LogP contribution in [0.15, 0.2) is 66.6 Å². The lowest BCUT2D eigenvalue weighted by molar-refractivity contribution is -0.132. The number of amides is 1. The fourth-order valence-corrected chi connectivity index (χ4v) is 5.34. The molecule has 1 saturated heterocycles. The van der Waals surface area contributed by atoms with E-state index >= 15 is 0 Å². The first-order valence-corrected chi connectivity index (χ1v) is 12.6. The predicted molar refractivity (Wildman–Crippen MR) is 134 cm³/mol. The van der Waals surface area contributed by atoms with Crippen LogP contribution in [0.3, 0.4) is 0 Å². The molecule has 1 aliphatic rings. The summed E-state index contributed by atoms with van der Waals surface area (Å²) < 4.78 is 0. The summed E-state index contributed by atoms with van der Waals surface area (Å²) in [6.07, 6.45) is 8.70. The summed E-state index contributed by atoms with van der Waals surface area (Å²) in [5, 5.41) is 0. The summed E-state index contributed by atoms with van der Waals surface area (Å²) in [4.78, 5) is 34.5. The molecule has 34 heavy (non-hydrogen) atoms. The summed E-state index contributed by atoms with van der Waals surface area (Å²) in [7, 11) is 0. The number of hydrogen-bond acceptors (Lipinski definition) is 6. The fourth-order valence-electron chi connectivity index (χ4n) is 4.56. The van der Waals surface area contributed by atoms with Crippen molar-refractivity contribution in [3.63, 3.8) is 0 Å². The van der Waals surface area contributed by atoms with Crippen LogP contribution >= 0.6 is 11.3 Å². The van der Waals surface area contributed by atoms with Crippen LogP contribution in [0.2, 0.25) is 0 Å². The lowest BCUT2D eigenvalue weighted by atomic mass is 9.89. The van der Waals surface area contributed by atoms with Crippen molar-refractivity contribution in [3.05, 3.63) is 82.8 Å². The van der Waals surface area contributed by atoms with Gasteiger partial charge in [-0.3, -0.25) is 9.78 Å². The van der Waals surface area contributed by atoms with Crippen LogP contribution in [0.5, 0.6) is 0 Å². The summed E-state index contributed by atoms with van der Waals surface area (Å²) in [6.45, 7) is 3.50. The van der Waals surface area contributed by atoms with E-state index in [2.05, 4.69) is 27.1 Å². The SMILES string of the molecule is Cc1ncsc1CCC(=O)N1CCCC(c2nc(-c3ccncc3)ncc2-c2ccccc2)C1. The van der Waals surface area contributed by atoms with Gasteiger partial charge in [-0.2, -0.15) is 0 Å². The van der Waals surface area contributed by atoms with Crippen LogP contribution in [0.1, 0.15) is 41.4 Å². The van der Waals surface area contributed by atoms with Gasteiger partial charge in [-0.05, 0) is 43.9 Å². The molecule has 0 saturated carbocycles. The van der Waals surface area contributed by atoms with Crippen LogP contribution in [0.25, 0.3) is 22.5 Å². The molecule has 4 heterocycles. The van der Waals surface area contributed by atoms with Crippen molar-refractivity contribution < 1.29 is 4.79 Å². The van der Waals surface area contributed by atoms with Crippen molar-refractivity contribution in [1.29, 1.82) is 0 Å². The number of aromatic nitrogens is 4. The topological polar surface area (TPSA) is 71.9 Å². The van der Waals surface area contributed by atoms with E-state index in [1.807, 2.05) is 53.9 Å². The van der Waals surface area contributed by atoms with E-state index in [9.17, 15) is 4.79 Å². The monoisotopic (exact) mass is 469 g/mol. The number of likely N-dealkylation sites (tertiary alicyclic amines) is 1. The third-order valence-electron chi connectivity index (χ3n) is 6.41. The molecule has 1 unspecified atom stereocenters. The number of pyridine rings is 1. The Hall–Kier alpha value is -3.45. The van der Waals surface area contributed by atoms with E-state index in [-0.39, 0.29) is 11.8 Å². The standard InChI is InChI=1S/C27H27N5OS/c1-19-24(34-18-30-19)9-10-25(33)32-15-5-8-22(17-32)26-23(20-6-3-2-4-7-20)16-29-27(31-26)21-11-13-28-14-12-21/h2-4,6-7,11-14,16,18,22H,5,8-10,15,17H2,1H3. The van der Waals surface area contributed by atoms with E-state index in [0.717, 1.165) is 53.9 Å². The molecule has 1 fully saturated rings.